The van der Waals surface area contributed by atoms with E-state index in [0.29, 0.717) is 15.7 Å². The lowest BCUT2D eigenvalue weighted by Crippen LogP contribution is -2.13. The fraction of sp³-hybridized carbons (Fsp3) is 0.0714. The SMILES string of the molecule is Cc1ccc(C(=O)O)cc1NC(=O)c1cncc(Br)c1. The topological polar surface area (TPSA) is 79.3 Å². The Kier molecular flexibility index (Phi) is 4.14. The van der Waals surface area contributed by atoms with E-state index >= 15 is 0 Å². The van der Waals surface area contributed by atoms with Gasteiger partial charge in [0.1, 0.15) is 0 Å². The van der Waals surface area contributed by atoms with Gasteiger partial charge in [-0.15, -0.1) is 0 Å². The first kappa shape index (κ1) is 14.2. The van der Waals surface area contributed by atoms with E-state index in [-0.39, 0.29) is 11.5 Å². The van der Waals surface area contributed by atoms with Crippen molar-refractivity contribution in [2.75, 3.05) is 5.32 Å². The van der Waals surface area contributed by atoms with Crippen LogP contribution in [0.25, 0.3) is 0 Å². The number of aromatic carboxylic acids is 1. The maximum absolute atomic E-state index is 12.1. The van der Waals surface area contributed by atoms with E-state index in [1.54, 1.807) is 25.3 Å². The number of halogens is 1. The molecule has 0 aliphatic rings. The first-order chi connectivity index (χ1) is 9.47. The Labute approximate surface area is 123 Å². The Morgan fingerprint density at radius 3 is 2.60 bits per heavy atom. The van der Waals surface area contributed by atoms with Crippen LogP contribution in [0, 0.1) is 6.92 Å². The number of carboxylic acids is 1. The molecular weight excluding hydrogens is 324 g/mol. The first-order valence-electron chi connectivity index (χ1n) is 5.73. The maximum atomic E-state index is 12.1. The molecule has 20 heavy (non-hydrogen) atoms. The molecule has 1 aromatic carbocycles. The van der Waals surface area contributed by atoms with Crippen molar-refractivity contribution >= 4 is 33.5 Å². The van der Waals surface area contributed by atoms with Crippen LogP contribution in [0.3, 0.4) is 0 Å². The Morgan fingerprint density at radius 1 is 1.20 bits per heavy atom. The second-order valence-electron chi connectivity index (χ2n) is 4.18. The minimum atomic E-state index is -1.04. The monoisotopic (exact) mass is 334 g/mol. The number of hydrogen-bond acceptors (Lipinski definition) is 3. The van der Waals surface area contributed by atoms with Crippen molar-refractivity contribution in [2.24, 2.45) is 0 Å². The van der Waals surface area contributed by atoms with Gasteiger partial charge in [0.15, 0.2) is 0 Å². The number of hydrogen-bond donors (Lipinski definition) is 2. The van der Waals surface area contributed by atoms with Gasteiger partial charge in [0, 0.05) is 22.6 Å². The smallest absolute Gasteiger partial charge is 0.335 e. The standard InChI is InChI=1S/C14H11BrN2O3/c1-8-2-3-9(14(19)20)5-12(8)17-13(18)10-4-11(15)7-16-6-10/h2-7H,1H3,(H,17,18)(H,19,20). The molecule has 0 bridgehead atoms. The van der Waals surface area contributed by atoms with Crippen LogP contribution in [0.5, 0.6) is 0 Å². The summed E-state index contributed by atoms with van der Waals surface area (Å²) >= 11 is 3.24. The third-order valence-electron chi connectivity index (χ3n) is 2.70. The minimum Gasteiger partial charge on any atom is -0.478 e. The number of rotatable bonds is 3. The summed E-state index contributed by atoms with van der Waals surface area (Å²) in [6.07, 6.45) is 3.02. The second kappa shape index (κ2) is 5.83. The minimum absolute atomic E-state index is 0.123. The van der Waals surface area contributed by atoms with Crippen molar-refractivity contribution in [2.45, 2.75) is 6.92 Å². The average Bonchev–Trinajstić information content (AvgIpc) is 2.41. The normalized spacial score (nSPS) is 10.1. The molecule has 1 aromatic heterocycles. The molecule has 0 radical (unpaired) electrons. The number of amides is 1. The molecular formula is C14H11BrN2O3. The van der Waals surface area contributed by atoms with Crippen LogP contribution in [-0.2, 0) is 0 Å². The molecule has 2 aromatic rings. The van der Waals surface area contributed by atoms with Crippen LogP contribution < -0.4 is 5.32 Å². The molecule has 0 aliphatic heterocycles. The van der Waals surface area contributed by atoms with Crippen LogP contribution in [0.4, 0.5) is 5.69 Å². The fourth-order valence-corrected chi connectivity index (χ4v) is 1.99. The zero-order valence-electron chi connectivity index (χ0n) is 10.6. The quantitative estimate of drug-likeness (QED) is 0.903. The summed E-state index contributed by atoms with van der Waals surface area (Å²) in [5.41, 5.74) is 1.76. The lowest BCUT2D eigenvalue weighted by molar-refractivity contribution is 0.0696. The second-order valence-corrected chi connectivity index (χ2v) is 5.10. The summed E-state index contributed by atoms with van der Waals surface area (Å²) in [6.45, 7) is 1.79. The number of carboxylic acid groups (broad SMARTS) is 1. The van der Waals surface area contributed by atoms with Gasteiger partial charge >= 0.3 is 5.97 Å². The molecule has 0 aliphatic carbocycles. The number of nitrogens with zero attached hydrogens (tertiary/aromatic N) is 1. The highest BCUT2D eigenvalue weighted by molar-refractivity contribution is 9.10. The van der Waals surface area contributed by atoms with Crippen molar-refractivity contribution in [3.05, 3.63) is 57.8 Å². The molecule has 0 saturated heterocycles. The highest BCUT2D eigenvalue weighted by Crippen LogP contribution is 2.18. The van der Waals surface area contributed by atoms with Gasteiger partial charge in [0.05, 0.1) is 11.1 Å². The van der Waals surface area contributed by atoms with Crippen molar-refractivity contribution in [3.8, 4) is 0 Å². The highest BCUT2D eigenvalue weighted by atomic mass is 79.9. The third-order valence-corrected chi connectivity index (χ3v) is 3.13. The predicted molar refractivity (Wildman–Crippen MR) is 78.0 cm³/mol. The summed E-state index contributed by atoms with van der Waals surface area (Å²) < 4.78 is 0.696. The van der Waals surface area contributed by atoms with Gasteiger partial charge in [-0.3, -0.25) is 9.78 Å². The summed E-state index contributed by atoms with van der Waals surface area (Å²) in [6, 6.07) is 6.21. The van der Waals surface area contributed by atoms with Gasteiger partial charge in [-0.1, -0.05) is 6.07 Å². The van der Waals surface area contributed by atoms with Crippen LogP contribution >= 0.6 is 15.9 Å². The van der Waals surface area contributed by atoms with E-state index in [1.165, 1.54) is 18.3 Å². The van der Waals surface area contributed by atoms with Gasteiger partial charge in [0.2, 0.25) is 0 Å². The average molecular weight is 335 g/mol. The fourth-order valence-electron chi connectivity index (χ4n) is 1.62. The summed E-state index contributed by atoms with van der Waals surface area (Å²) in [5, 5.41) is 11.6. The number of pyridine rings is 1. The third kappa shape index (κ3) is 3.21. The molecule has 2 rings (SSSR count). The van der Waals surface area contributed by atoms with Gasteiger partial charge in [-0.25, -0.2) is 4.79 Å². The zero-order chi connectivity index (χ0) is 14.7. The predicted octanol–water partition coefficient (Wildman–Crippen LogP) is 3.10. The molecule has 1 amide bonds. The Balaban J connectivity index is 2.27. The Hall–Kier alpha value is -2.21. The van der Waals surface area contributed by atoms with Crippen LogP contribution in [0.2, 0.25) is 0 Å². The zero-order valence-corrected chi connectivity index (χ0v) is 12.1. The van der Waals surface area contributed by atoms with Gasteiger partial charge < -0.3 is 10.4 Å². The maximum Gasteiger partial charge on any atom is 0.335 e. The number of aryl methyl sites for hydroxylation is 1. The van der Waals surface area contributed by atoms with Crippen LogP contribution in [-0.4, -0.2) is 22.0 Å². The van der Waals surface area contributed by atoms with Crippen LogP contribution in [0.15, 0.2) is 41.1 Å². The number of carbonyl (C=O) groups is 2. The Morgan fingerprint density at radius 2 is 1.95 bits per heavy atom. The summed E-state index contributed by atoms with van der Waals surface area (Å²) in [4.78, 5) is 26.9. The molecule has 6 heteroatoms. The number of aromatic nitrogens is 1. The molecule has 102 valence electrons. The molecule has 0 spiro atoms. The van der Waals surface area contributed by atoms with E-state index in [1.807, 2.05) is 0 Å². The Bertz CT molecular complexity index is 686. The van der Waals surface area contributed by atoms with Crippen molar-refractivity contribution < 1.29 is 14.7 Å². The van der Waals surface area contributed by atoms with E-state index < -0.39 is 5.97 Å². The largest absolute Gasteiger partial charge is 0.478 e. The molecule has 0 atom stereocenters. The van der Waals surface area contributed by atoms with Crippen molar-refractivity contribution in [1.82, 2.24) is 4.98 Å². The molecule has 5 nitrogen and oxygen atoms in total. The number of nitrogens with one attached hydrogen (secondary N) is 1. The lowest BCUT2D eigenvalue weighted by atomic mass is 10.1. The molecule has 1 heterocycles. The van der Waals surface area contributed by atoms with E-state index in [2.05, 4.69) is 26.2 Å². The van der Waals surface area contributed by atoms with Gasteiger partial charge in [-0.2, -0.15) is 0 Å². The molecule has 2 N–H and O–H groups in total. The van der Waals surface area contributed by atoms with E-state index in [0.717, 1.165) is 5.56 Å². The number of anilines is 1. The van der Waals surface area contributed by atoms with Crippen LogP contribution in [0.1, 0.15) is 26.3 Å². The molecule has 0 unspecified atom stereocenters. The molecule has 0 fully saturated rings. The summed E-state index contributed by atoms with van der Waals surface area (Å²) in [5.74, 6) is -1.38. The number of benzene rings is 1. The molecule has 0 saturated carbocycles. The first-order valence-corrected chi connectivity index (χ1v) is 6.52. The van der Waals surface area contributed by atoms with Gasteiger partial charge in [0.25, 0.3) is 5.91 Å². The highest BCUT2D eigenvalue weighted by Gasteiger charge is 2.11. The lowest BCUT2D eigenvalue weighted by Gasteiger charge is -2.09. The van der Waals surface area contributed by atoms with Crippen molar-refractivity contribution in [3.63, 3.8) is 0 Å². The van der Waals surface area contributed by atoms with Crippen molar-refractivity contribution in [1.29, 1.82) is 0 Å². The summed E-state index contributed by atoms with van der Waals surface area (Å²) in [7, 11) is 0. The number of carbonyl (C=O) groups excluding carboxylic acids is 1. The van der Waals surface area contributed by atoms with Gasteiger partial charge in [-0.05, 0) is 46.6 Å². The van der Waals surface area contributed by atoms with E-state index in [4.69, 9.17) is 5.11 Å². The van der Waals surface area contributed by atoms with E-state index in [9.17, 15) is 9.59 Å².